The number of imidazole rings is 1. The van der Waals surface area contributed by atoms with Gasteiger partial charge >= 0.3 is 0 Å². The van der Waals surface area contributed by atoms with Crippen molar-refractivity contribution in [2.45, 2.75) is 25.3 Å². The van der Waals surface area contributed by atoms with Gasteiger partial charge in [0, 0.05) is 17.3 Å². The molecule has 0 saturated carbocycles. The van der Waals surface area contributed by atoms with Gasteiger partial charge in [-0.05, 0) is 65.6 Å². The van der Waals surface area contributed by atoms with Gasteiger partial charge in [0.25, 0.3) is 5.56 Å². The van der Waals surface area contributed by atoms with Crippen LogP contribution in [0.4, 0.5) is 14.6 Å². The quantitative estimate of drug-likeness (QED) is 0.344. The molecule has 37 heavy (non-hydrogen) atoms. The second-order valence-corrected chi connectivity index (χ2v) is 9.03. The first-order chi connectivity index (χ1) is 17.9. The van der Waals surface area contributed by atoms with Crippen molar-refractivity contribution >= 4 is 17.4 Å². The van der Waals surface area contributed by atoms with E-state index in [1.807, 2.05) is 0 Å². The molecule has 0 saturated heterocycles. The van der Waals surface area contributed by atoms with Crippen molar-refractivity contribution in [1.29, 1.82) is 0 Å². The molecule has 5 aromatic rings. The maximum absolute atomic E-state index is 15.3. The number of benzene rings is 1. The van der Waals surface area contributed by atoms with Gasteiger partial charge in [0.1, 0.15) is 18.0 Å². The molecule has 1 aromatic carbocycles. The first-order valence-corrected chi connectivity index (χ1v) is 11.7. The molecule has 0 fully saturated rings. The summed E-state index contributed by atoms with van der Waals surface area (Å²) < 4.78 is 32.6. The Labute approximate surface area is 212 Å². The minimum atomic E-state index is -0.719. The number of fused-ring (bicyclic) bond motifs is 1. The summed E-state index contributed by atoms with van der Waals surface area (Å²) in [5, 5.41) is 11.0. The van der Waals surface area contributed by atoms with Crippen LogP contribution in [0.5, 0.6) is 0 Å². The maximum atomic E-state index is 15.3. The molecule has 0 amide bonds. The minimum Gasteiger partial charge on any atom is -0.384 e. The topological polar surface area (TPSA) is 133 Å². The van der Waals surface area contributed by atoms with Crippen molar-refractivity contribution in [3.05, 3.63) is 87.6 Å². The van der Waals surface area contributed by atoms with Crippen LogP contribution in [0.25, 0.3) is 28.1 Å². The molecule has 0 radical (unpaired) electrons. The molecule has 1 aliphatic heterocycles. The number of tetrazole rings is 1. The minimum absolute atomic E-state index is 0.0731. The van der Waals surface area contributed by atoms with Crippen LogP contribution in [-0.2, 0) is 6.42 Å². The van der Waals surface area contributed by atoms with Gasteiger partial charge in [-0.3, -0.25) is 4.79 Å². The number of pyridine rings is 2. The lowest BCUT2D eigenvalue weighted by Gasteiger charge is -2.27. The maximum Gasteiger partial charge on any atom is 0.252 e. The second-order valence-electron chi connectivity index (χ2n) is 8.62. The Morgan fingerprint density at radius 2 is 2.03 bits per heavy atom. The number of aromatic amines is 1. The first kappa shape index (κ1) is 23.0. The summed E-state index contributed by atoms with van der Waals surface area (Å²) in [6.45, 7) is 0. The number of aryl methyl sites for hydroxylation is 1. The molecule has 6 rings (SSSR count). The number of hydrogen-bond donors (Lipinski definition) is 2. The van der Waals surface area contributed by atoms with Crippen LogP contribution in [0.2, 0.25) is 5.02 Å². The van der Waals surface area contributed by atoms with E-state index in [9.17, 15) is 9.18 Å². The third-order valence-corrected chi connectivity index (χ3v) is 6.69. The van der Waals surface area contributed by atoms with E-state index in [1.54, 1.807) is 16.7 Å². The molecule has 0 aliphatic carbocycles. The number of hydrogen-bond acceptors (Lipinski definition) is 7. The van der Waals surface area contributed by atoms with E-state index in [0.29, 0.717) is 41.3 Å². The average molecular weight is 522 g/mol. The molecule has 1 aliphatic rings. The van der Waals surface area contributed by atoms with Crippen LogP contribution >= 0.6 is 11.6 Å². The van der Waals surface area contributed by atoms with Crippen LogP contribution in [-0.4, -0.2) is 39.7 Å². The van der Waals surface area contributed by atoms with E-state index in [-0.39, 0.29) is 27.5 Å². The summed E-state index contributed by atoms with van der Waals surface area (Å²) in [4.78, 5) is 24.6. The molecule has 186 valence electrons. The van der Waals surface area contributed by atoms with Crippen LogP contribution in [0.15, 0.2) is 53.7 Å². The fourth-order valence-electron chi connectivity index (χ4n) is 4.76. The molecule has 4 aromatic heterocycles. The summed E-state index contributed by atoms with van der Waals surface area (Å²) in [6, 6.07) is 8.73. The summed E-state index contributed by atoms with van der Waals surface area (Å²) in [5.41, 5.74) is 7.39. The highest BCUT2D eigenvalue weighted by atomic mass is 35.5. The van der Waals surface area contributed by atoms with Gasteiger partial charge < -0.3 is 15.3 Å². The Kier molecular flexibility index (Phi) is 5.52. The van der Waals surface area contributed by atoms with Gasteiger partial charge in [0.15, 0.2) is 5.82 Å². The van der Waals surface area contributed by atoms with Gasteiger partial charge in [0.05, 0.1) is 34.2 Å². The van der Waals surface area contributed by atoms with Crippen LogP contribution in [0.1, 0.15) is 30.4 Å². The molecule has 0 bridgehead atoms. The van der Waals surface area contributed by atoms with Crippen LogP contribution < -0.4 is 11.3 Å². The number of H-pyrrole nitrogens is 1. The molecule has 13 heteroatoms. The fourth-order valence-corrected chi connectivity index (χ4v) is 4.92. The van der Waals surface area contributed by atoms with Crippen molar-refractivity contribution in [2.24, 2.45) is 0 Å². The lowest BCUT2D eigenvalue weighted by atomic mass is 9.96. The number of nitrogen functional groups attached to an aromatic ring is 1. The predicted octanol–water partition coefficient (Wildman–Crippen LogP) is 3.72. The Morgan fingerprint density at radius 3 is 2.81 bits per heavy atom. The van der Waals surface area contributed by atoms with Crippen molar-refractivity contribution in [2.75, 3.05) is 5.73 Å². The van der Waals surface area contributed by atoms with E-state index in [2.05, 4.69) is 30.5 Å². The number of rotatable bonds is 4. The molecule has 10 nitrogen and oxygen atoms in total. The summed E-state index contributed by atoms with van der Waals surface area (Å²) in [7, 11) is 0. The summed E-state index contributed by atoms with van der Waals surface area (Å²) in [5.74, 6) is -0.821. The van der Waals surface area contributed by atoms with E-state index in [1.165, 1.54) is 41.5 Å². The molecule has 1 atom stereocenters. The highest BCUT2D eigenvalue weighted by molar-refractivity contribution is 6.31. The Hall–Kier alpha value is -4.45. The molecular formula is C24H18ClF2N9O. The Balaban J connectivity index is 1.44. The van der Waals surface area contributed by atoms with Gasteiger partial charge in [-0.1, -0.05) is 11.6 Å². The molecule has 3 N–H and O–H groups in total. The smallest absolute Gasteiger partial charge is 0.252 e. The largest absolute Gasteiger partial charge is 0.384 e. The Morgan fingerprint density at radius 1 is 1.16 bits per heavy atom. The van der Waals surface area contributed by atoms with Gasteiger partial charge in [-0.25, -0.2) is 14.4 Å². The number of anilines is 1. The van der Waals surface area contributed by atoms with Crippen molar-refractivity contribution in [3.63, 3.8) is 0 Å². The molecule has 5 heterocycles. The van der Waals surface area contributed by atoms with Gasteiger partial charge in [0.2, 0.25) is 5.95 Å². The standard InChI is InChI=1S/C24H18ClF2N9O/c25-15-5-6-17(35-11-30-33-34-35)21(22(15)26)12-8-13-2-1-3-18(36(13)20(37)9-12)24-29-10-16(31-24)14-4-7-19(28)32-23(14)27/h4-11,18H,1-3H2,(H2,28,32)(H,29,31)/t18-/m1/s1. The lowest BCUT2D eigenvalue weighted by molar-refractivity contribution is 0.427. The van der Waals surface area contributed by atoms with Crippen molar-refractivity contribution in [1.82, 2.24) is 39.7 Å². The normalized spacial score (nSPS) is 15.1. The number of halogens is 3. The monoisotopic (exact) mass is 521 g/mol. The number of nitrogens with one attached hydrogen (secondary N) is 1. The number of nitrogens with zero attached hydrogens (tertiary/aromatic N) is 7. The number of nitrogens with two attached hydrogens (primary N) is 1. The van der Waals surface area contributed by atoms with Crippen molar-refractivity contribution < 1.29 is 8.78 Å². The fraction of sp³-hybridized carbons (Fsp3) is 0.167. The SMILES string of the molecule is Nc1ccc(-c2cnc([C@H]3CCCc4cc(-c5c(-n6cnnn6)ccc(Cl)c5F)cc(=O)n43)[nH]2)c(F)n1. The third-order valence-electron chi connectivity index (χ3n) is 6.40. The zero-order chi connectivity index (χ0) is 25.7. The van der Waals surface area contributed by atoms with E-state index < -0.39 is 17.8 Å². The van der Waals surface area contributed by atoms with E-state index >= 15 is 4.39 Å². The summed E-state index contributed by atoms with van der Waals surface area (Å²) in [6.07, 6.45) is 4.84. The van der Waals surface area contributed by atoms with Gasteiger partial charge in [-0.2, -0.15) is 9.07 Å². The summed E-state index contributed by atoms with van der Waals surface area (Å²) >= 11 is 6.09. The van der Waals surface area contributed by atoms with Crippen molar-refractivity contribution in [3.8, 4) is 28.1 Å². The third kappa shape index (κ3) is 3.95. The molecule has 0 unspecified atom stereocenters. The number of aromatic nitrogens is 8. The highest BCUT2D eigenvalue weighted by Gasteiger charge is 2.27. The molecular weight excluding hydrogens is 504 g/mol. The average Bonchev–Trinajstić information content (AvgIpc) is 3.58. The first-order valence-electron chi connectivity index (χ1n) is 11.3. The van der Waals surface area contributed by atoms with Crippen LogP contribution in [0, 0.1) is 11.8 Å². The Bertz CT molecular complexity index is 1700. The van der Waals surface area contributed by atoms with E-state index in [0.717, 1.165) is 6.42 Å². The second kappa shape index (κ2) is 8.89. The van der Waals surface area contributed by atoms with Gasteiger partial charge in [-0.15, -0.1) is 5.10 Å². The highest BCUT2D eigenvalue weighted by Crippen LogP contribution is 2.36. The zero-order valence-electron chi connectivity index (χ0n) is 19.1. The van der Waals surface area contributed by atoms with E-state index in [4.69, 9.17) is 17.3 Å². The predicted molar refractivity (Wildman–Crippen MR) is 131 cm³/mol. The zero-order valence-corrected chi connectivity index (χ0v) is 19.8. The lowest BCUT2D eigenvalue weighted by Crippen LogP contribution is -2.32. The molecule has 0 spiro atoms. The van der Waals surface area contributed by atoms with Crippen LogP contribution in [0.3, 0.4) is 0 Å².